The van der Waals surface area contributed by atoms with Crippen molar-refractivity contribution < 1.29 is 18.7 Å². The van der Waals surface area contributed by atoms with Crippen molar-refractivity contribution in [2.24, 2.45) is 0 Å². The number of oxazole rings is 1. The zero-order valence-corrected chi connectivity index (χ0v) is 15.3. The van der Waals surface area contributed by atoms with Gasteiger partial charge in [-0.05, 0) is 38.8 Å². The van der Waals surface area contributed by atoms with Gasteiger partial charge in [-0.15, -0.1) is 0 Å². The number of carbonyl (C=O) groups excluding carboxylic acids is 1. The number of rotatable bonds is 9. The Morgan fingerprint density at radius 2 is 2.04 bits per heavy atom. The van der Waals surface area contributed by atoms with Gasteiger partial charge < -0.3 is 19.2 Å². The third-order valence-corrected chi connectivity index (χ3v) is 3.97. The van der Waals surface area contributed by atoms with Crippen LogP contribution in [0.5, 0.6) is 0 Å². The van der Waals surface area contributed by atoms with Gasteiger partial charge in [-0.25, -0.2) is 4.98 Å². The Hall–Kier alpha value is -2.18. The molecule has 0 radical (unpaired) electrons. The molecule has 0 spiro atoms. The van der Waals surface area contributed by atoms with Crippen molar-refractivity contribution in [1.82, 2.24) is 10.3 Å². The number of aryl methyl sites for hydroxylation is 3. The minimum Gasteiger partial charge on any atom is -0.441 e. The van der Waals surface area contributed by atoms with Crippen LogP contribution in [0.3, 0.4) is 0 Å². The summed E-state index contributed by atoms with van der Waals surface area (Å²) < 4.78 is 15.8. The predicted molar refractivity (Wildman–Crippen MR) is 95.2 cm³/mol. The summed E-state index contributed by atoms with van der Waals surface area (Å²) in [5.74, 6) is 1.40. The first-order valence-corrected chi connectivity index (χ1v) is 8.39. The second kappa shape index (κ2) is 9.34. The predicted octanol–water partition coefficient (Wildman–Crippen LogP) is 3.02. The molecule has 1 aromatic carbocycles. The maximum Gasteiger partial charge on any atom is 0.226 e. The summed E-state index contributed by atoms with van der Waals surface area (Å²) in [4.78, 5) is 16.4. The highest BCUT2D eigenvalue weighted by molar-refractivity contribution is 5.75. The lowest BCUT2D eigenvalue weighted by molar-refractivity contribution is -0.127. The Morgan fingerprint density at radius 1 is 1.28 bits per heavy atom. The van der Waals surface area contributed by atoms with Gasteiger partial charge in [0.05, 0.1) is 12.2 Å². The molecule has 6 heteroatoms. The molecule has 0 aliphatic rings. The van der Waals surface area contributed by atoms with Crippen molar-refractivity contribution in [1.29, 1.82) is 0 Å². The summed E-state index contributed by atoms with van der Waals surface area (Å²) in [5, 5.41) is 2.79. The fourth-order valence-corrected chi connectivity index (χ4v) is 2.53. The number of nitrogens with zero attached hydrogens (tertiary/aromatic N) is 1. The lowest BCUT2D eigenvalue weighted by Crippen LogP contribution is -2.34. The molecular formula is C19H26N2O4. The highest BCUT2D eigenvalue weighted by Crippen LogP contribution is 2.23. The number of ether oxygens (including phenoxy) is 2. The molecule has 1 aromatic heterocycles. The second-order valence-corrected chi connectivity index (χ2v) is 5.95. The van der Waals surface area contributed by atoms with E-state index in [-0.39, 0.29) is 5.91 Å². The van der Waals surface area contributed by atoms with Crippen LogP contribution in [0.15, 0.2) is 28.7 Å². The lowest BCUT2D eigenvalue weighted by atomic mass is 10.1. The fraction of sp³-hybridized carbons (Fsp3) is 0.474. The standard InChI is InChI=1S/C19H26N2O4/c1-13-7-5-8-15(11-13)19-21-16(14(2)25-19)9-6-10-17(22)20-12-18(23-3)24-4/h5,7-8,11,18H,6,9-10,12H2,1-4H3,(H,20,22). The number of aromatic nitrogens is 1. The van der Waals surface area contributed by atoms with E-state index in [1.807, 2.05) is 38.1 Å². The Kier molecular flexibility index (Phi) is 7.16. The van der Waals surface area contributed by atoms with Crippen molar-refractivity contribution in [3.63, 3.8) is 0 Å². The van der Waals surface area contributed by atoms with E-state index >= 15 is 0 Å². The smallest absolute Gasteiger partial charge is 0.226 e. The van der Waals surface area contributed by atoms with Crippen LogP contribution in [0.25, 0.3) is 11.5 Å². The van der Waals surface area contributed by atoms with E-state index in [1.54, 1.807) is 14.2 Å². The minimum atomic E-state index is -0.418. The molecule has 2 aromatic rings. The van der Waals surface area contributed by atoms with Gasteiger partial charge >= 0.3 is 0 Å². The fourth-order valence-electron chi connectivity index (χ4n) is 2.53. The van der Waals surface area contributed by atoms with E-state index in [0.29, 0.717) is 31.7 Å². The number of carbonyl (C=O) groups is 1. The van der Waals surface area contributed by atoms with Crippen LogP contribution in [-0.2, 0) is 20.7 Å². The van der Waals surface area contributed by atoms with Crippen LogP contribution in [0.4, 0.5) is 0 Å². The Morgan fingerprint density at radius 3 is 2.72 bits per heavy atom. The van der Waals surface area contributed by atoms with E-state index in [4.69, 9.17) is 13.9 Å². The topological polar surface area (TPSA) is 73.6 Å². The molecule has 1 heterocycles. The van der Waals surface area contributed by atoms with Gasteiger partial charge in [0.25, 0.3) is 0 Å². The molecule has 25 heavy (non-hydrogen) atoms. The number of hydrogen-bond donors (Lipinski definition) is 1. The van der Waals surface area contributed by atoms with E-state index < -0.39 is 6.29 Å². The molecular weight excluding hydrogens is 320 g/mol. The molecule has 0 saturated carbocycles. The van der Waals surface area contributed by atoms with Crippen LogP contribution in [0, 0.1) is 13.8 Å². The maximum atomic E-state index is 11.9. The van der Waals surface area contributed by atoms with Crippen LogP contribution in [-0.4, -0.2) is 37.9 Å². The highest BCUT2D eigenvalue weighted by atomic mass is 16.7. The summed E-state index contributed by atoms with van der Waals surface area (Å²) in [7, 11) is 3.08. The third-order valence-electron chi connectivity index (χ3n) is 3.97. The van der Waals surface area contributed by atoms with Crippen molar-refractivity contribution in [2.75, 3.05) is 20.8 Å². The van der Waals surface area contributed by atoms with Gasteiger partial charge in [-0.2, -0.15) is 0 Å². The molecule has 0 atom stereocenters. The number of amides is 1. The van der Waals surface area contributed by atoms with Crippen molar-refractivity contribution in [3.8, 4) is 11.5 Å². The van der Waals surface area contributed by atoms with Crippen LogP contribution in [0.1, 0.15) is 29.9 Å². The first kappa shape index (κ1) is 19.1. The van der Waals surface area contributed by atoms with Crippen molar-refractivity contribution >= 4 is 5.91 Å². The van der Waals surface area contributed by atoms with Gasteiger partial charge in [-0.1, -0.05) is 17.7 Å². The molecule has 0 unspecified atom stereocenters. The molecule has 0 saturated heterocycles. The van der Waals surface area contributed by atoms with Gasteiger partial charge in [0.2, 0.25) is 11.8 Å². The average molecular weight is 346 g/mol. The first-order chi connectivity index (χ1) is 12.0. The Balaban J connectivity index is 1.84. The van der Waals surface area contributed by atoms with Crippen LogP contribution >= 0.6 is 0 Å². The molecule has 0 aliphatic heterocycles. The van der Waals surface area contributed by atoms with Gasteiger partial charge in [-0.3, -0.25) is 4.79 Å². The summed E-state index contributed by atoms with van der Waals surface area (Å²) in [5.41, 5.74) is 3.03. The average Bonchev–Trinajstić information content (AvgIpc) is 2.97. The van der Waals surface area contributed by atoms with Gasteiger partial charge in [0.1, 0.15) is 5.76 Å². The minimum absolute atomic E-state index is 0.0286. The van der Waals surface area contributed by atoms with Crippen molar-refractivity contribution in [3.05, 3.63) is 41.3 Å². The first-order valence-electron chi connectivity index (χ1n) is 8.39. The largest absolute Gasteiger partial charge is 0.441 e. The number of nitrogens with one attached hydrogen (secondary N) is 1. The SMILES string of the molecule is COC(CNC(=O)CCCc1nc(-c2cccc(C)c2)oc1C)OC. The second-order valence-electron chi connectivity index (χ2n) is 5.95. The molecule has 1 N–H and O–H groups in total. The number of hydrogen-bond acceptors (Lipinski definition) is 5. The van der Waals surface area contributed by atoms with Crippen LogP contribution < -0.4 is 5.32 Å². The summed E-state index contributed by atoms with van der Waals surface area (Å²) >= 11 is 0. The lowest BCUT2D eigenvalue weighted by Gasteiger charge is -2.13. The van der Waals surface area contributed by atoms with Gasteiger partial charge in [0, 0.05) is 26.2 Å². The zero-order chi connectivity index (χ0) is 18.2. The summed E-state index contributed by atoms with van der Waals surface area (Å²) in [6, 6.07) is 8.06. The number of benzene rings is 1. The molecule has 136 valence electrons. The molecule has 0 fully saturated rings. The van der Waals surface area contributed by atoms with Crippen LogP contribution in [0.2, 0.25) is 0 Å². The quantitative estimate of drug-likeness (QED) is 0.707. The van der Waals surface area contributed by atoms with Gasteiger partial charge in [0.15, 0.2) is 6.29 Å². The zero-order valence-electron chi connectivity index (χ0n) is 15.3. The monoisotopic (exact) mass is 346 g/mol. The molecule has 6 nitrogen and oxygen atoms in total. The highest BCUT2D eigenvalue weighted by Gasteiger charge is 2.13. The van der Waals surface area contributed by atoms with E-state index in [1.165, 1.54) is 0 Å². The molecule has 2 rings (SSSR count). The molecule has 0 aliphatic carbocycles. The third kappa shape index (κ3) is 5.69. The Labute approximate surface area is 148 Å². The Bertz CT molecular complexity index is 692. The number of methoxy groups -OCH3 is 2. The van der Waals surface area contributed by atoms with Crippen molar-refractivity contribution in [2.45, 2.75) is 39.4 Å². The van der Waals surface area contributed by atoms with E-state index in [2.05, 4.69) is 10.3 Å². The summed E-state index contributed by atoms with van der Waals surface area (Å²) in [6.45, 7) is 4.28. The molecule has 0 bridgehead atoms. The normalized spacial score (nSPS) is 11.1. The summed E-state index contributed by atoms with van der Waals surface area (Å²) in [6.07, 6.45) is 1.41. The van der Waals surface area contributed by atoms with E-state index in [0.717, 1.165) is 22.6 Å². The maximum absolute atomic E-state index is 11.9. The molecule has 1 amide bonds. The van der Waals surface area contributed by atoms with E-state index in [9.17, 15) is 4.79 Å².